The van der Waals surface area contributed by atoms with E-state index < -0.39 is 0 Å². The number of nitrogens with zero attached hydrogens (tertiary/aromatic N) is 3. The Morgan fingerprint density at radius 2 is 1.92 bits per heavy atom. The lowest BCUT2D eigenvalue weighted by Crippen LogP contribution is -2.46. The molecule has 0 aromatic carbocycles. The second-order valence-electron chi connectivity index (χ2n) is 8.20. The van der Waals surface area contributed by atoms with Gasteiger partial charge in [0.05, 0.1) is 0 Å². The van der Waals surface area contributed by atoms with Crippen LogP contribution in [0.1, 0.15) is 52.9 Å². The first-order valence-corrected chi connectivity index (χ1v) is 9.78. The van der Waals surface area contributed by atoms with E-state index in [-0.39, 0.29) is 0 Å². The molecule has 136 valence electrons. The van der Waals surface area contributed by atoms with Crippen LogP contribution in [0.3, 0.4) is 0 Å². The SMILES string of the molecule is C=N/C(=C\C=C/C)N1CCC(CN(C)C2CC(CC(C)C)C2)CC1. The van der Waals surface area contributed by atoms with Gasteiger partial charge in [0.2, 0.25) is 0 Å². The van der Waals surface area contributed by atoms with E-state index in [1.54, 1.807) is 0 Å². The van der Waals surface area contributed by atoms with Crippen molar-refractivity contribution in [1.29, 1.82) is 0 Å². The van der Waals surface area contributed by atoms with Gasteiger partial charge >= 0.3 is 0 Å². The first-order valence-electron chi connectivity index (χ1n) is 9.78. The third-order valence-corrected chi connectivity index (χ3v) is 5.72. The van der Waals surface area contributed by atoms with Crippen molar-refractivity contribution in [3.8, 4) is 0 Å². The lowest BCUT2D eigenvalue weighted by atomic mass is 9.75. The second-order valence-corrected chi connectivity index (χ2v) is 8.20. The first-order chi connectivity index (χ1) is 11.5. The van der Waals surface area contributed by atoms with Crippen molar-refractivity contribution in [2.24, 2.45) is 22.7 Å². The maximum Gasteiger partial charge on any atom is 0.127 e. The molecule has 24 heavy (non-hydrogen) atoms. The van der Waals surface area contributed by atoms with E-state index in [9.17, 15) is 0 Å². The summed E-state index contributed by atoms with van der Waals surface area (Å²) in [6.07, 6.45) is 13.0. The maximum absolute atomic E-state index is 4.19. The lowest BCUT2D eigenvalue weighted by Gasteiger charge is -2.44. The minimum absolute atomic E-state index is 0.836. The number of likely N-dealkylation sites (tertiary alicyclic amines) is 1. The fourth-order valence-electron chi connectivity index (χ4n) is 4.26. The predicted octanol–water partition coefficient (Wildman–Crippen LogP) is 4.57. The molecule has 3 nitrogen and oxygen atoms in total. The summed E-state index contributed by atoms with van der Waals surface area (Å²) in [5.74, 6) is 3.70. The summed E-state index contributed by atoms with van der Waals surface area (Å²) in [6.45, 7) is 13.9. The zero-order chi connectivity index (χ0) is 17.5. The molecule has 0 spiro atoms. The van der Waals surface area contributed by atoms with Crippen molar-refractivity contribution in [3.63, 3.8) is 0 Å². The van der Waals surface area contributed by atoms with Gasteiger partial charge in [0, 0.05) is 25.7 Å². The Bertz CT molecular complexity index is 438. The average Bonchev–Trinajstić information content (AvgIpc) is 2.52. The molecule has 1 saturated carbocycles. The van der Waals surface area contributed by atoms with Crippen molar-refractivity contribution in [1.82, 2.24) is 9.80 Å². The summed E-state index contributed by atoms with van der Waals surface area (Å²) in [5.41, 5.74) is 0. The highest BCUT2D eigenvalue weighted by atomic mass is 15.2. The maximum atomic E-state index is 4.19. The van der Waals surface area contributed by atoms with Gasteiger partial charge in [0.1, 0.15) is 5.82 Å². The van der Waals surface area contributed by atoms with Crippen molar-refractivity contribution in [2.75, 3.05) is 26.7 Å². The Hall–Kier alpha value is -1.09. The molecule has 0 amide bonds. The van der Waals surface area contributed by atoms with E-state index >= 15 is 0 Å². The number of hydrogen-bond acceptors (Lipinski definition) is 3. The predicted molar refractivity (Wildman–Crippen MR) is 105 cm³/mol. The van der Waals surface area contributed by atoms with Gasteiger partial charge in [-0.3, -0.25) is 0 Å². The minimum atomic E-state index is 0.836. The minimum Gasteiger partial charge on any atom is -0.357 e. The summed E-state index contributed by atoms with van der Waals surface area (Å²) in [4.78, 5) is 9.21. The van der Waals surface area contributed by atoms with E-state index in [0.717, 1.165) is 42.7 Å². The highest BCUT2D eigenvalue weighted by molar-refractivity contribution is 5.29. The van der Waals surface area contributed by atoms with Gasteiger partial charge in [0.25, 0.3) is 0 Å². The summed E-state index contributed by atoms with van der Waals surface area (Å²) in [6, 6.07) is 0.840. The van der Waals surface area contributed by atoms with Crippen LogP contribution in [0, 0.1) is 17.8 Å². The van der Waals surface area contributed by atoms with Crippen molar-refractivity contribution < 1.29 is 0 Å². The van der Waals surface area contributed by atoms with Crippen LogP contribution >= 0.6 is 0 Å². The van der Waals surface area contributed by atoms with Crippen molar-refractivity contribution in [3.05, 3.63) is 24.0 Å². The summed E-state index contributed by atoms with van der Waals surface area (Å²) < 4.78 is 0. The topological polar surface area (TPSA) is 18.8 Å². The molecular formula is C21H37N3. The Balaban J connectivity index is 1.70. The molecule has 2 fully saturated rings. The first kappa shape index (κ1) is 19.2. The molecule has 0 aromatic rings. The summed E-state index contributed by atoms with van der Waals surface area (Å²) >= 11 is 0. The van der Waals surface area contributed by atoms with Crippen LogP contribution in [0.2, 0.25) is 0 Å². The van der Waals surface area contributed by atoms with Gasteiger partial charge in [-0.1, -0.05) is 26.0 Å². The normalized spacial score (nSPS) is 26.4. The third-order valence-electron chi connectivity index (χ3n) is 5.72. The van der Waals surface area contributed by atoms with Crippen LogP contribution in [0.5, 0.6) is 0 Å². The van der Waals surface area contributed by atoms with Gasteiger partial charge in [-0.05, 0) is 76.6 Å². The molecule has 2 rings (SSSR count). The molecule has 0 bridgehead atoms. The highest BCUT2D eigenvalue weighted by Gasteiger charge is 2.33. The van der Waals surface area contributed by atoms with Crippen molar-refractivity contribution in [2.45, 2.75) is 58.9 Å². The summed E-state index contributed by atoms with van der Waals surface area (Å²) in [7, 11) is 2.34. The molecule has 1 heterocycles. The largest absolute Gasteiger partial charge is 0.357 e. The van der Waals surface area contributed by atoms with Crippen molar-refractivity contribution >= 4 is 6.72 Å². The van der Waals surface area contributed by atoms with E-state index in [0.29, 0.717) is 0 Å². The smallest absolute Gasteiger partial charge is 0.127 e. The van der Waals surface area contributed by atoms with Gasteiger partial charge in [-0.15, -0.1) is 0 Å². The number of rotatable bonds is 8. The molecule has 0 radical (unpaired) electrons. The Kier molecular flexibility index (Phi) is 7.54. The lowest BCUT2D eigenvalue weighted by molar-refractivity contribution is 0.0656. The molecule has 3 heteroatoms. The van der Waals surface area contributed by atoms with Gasteiger partial charge < -0.3 is 9.80 Å². The third kappa shape index (κ3) is 5.47. The van der Waals surface area contributed by atoms with Crippen LogP contribution in [0.25, 0.3) is 0 Å². The zero-order valence-electron chi connectivity index (χ0n) is 16.2. The molecule has 0 N–H and O–H groups in total. The van der Waals surface area contributed by atoms with Crippen LogP contribution in [-0.4, -0.2) is 49.2 Å². The molecule has 0 unspecified atom stereocenters. The molecule has 0 atom stereocenters. The van der Waals surface area contributed by atoms with E-state index in [1.807, 2.05) is 19.1 Å². The molecule has 0 aromatic heterocycles. The van der Waals surface area contributed by atoms with E-state index in [2.05, 4.69) is 48.5 Å². The molecule has 1 saturated heterocycles. The Labute approximate surface area is 149 Å². The van der Waals surface area contributed by atoms with E-state index in [1.165, 1.54) is 38.6 Å². The number of hydrogen-bond donors (Lipinski definition) is 0. The fraction of sp³-hybridized carbons (Fsp3) is 0.762. The van der Waals surface area contributed by atoms with Crippen LogP contribution in [0.15, 0.2) is 29.0 Å². The average molecular weight is 332 g/mol. The number of piperidine rings is 1. The van der Waals surface area contributed by atoms with Gasteiger partial charge in [0.15, 0.2) is 0 Å². The Morgan fingerprint density at radius 3 is 2.46 bits per heavy atom. The monoisotopic (exact) mass is 331 g/mol. The van der Waals surface area contributed by atoms with E-state index in [4.69, 9.17) is 0 Å². The molecule has 1 aliphatic heterocycles. The standard InChI is InChI=1S/C21H37N3/c1-6-7-8-21(22-4)24-11-9-18(10-12-24)16-23(5)20-14-19(15-20)13-17(2)3/h6-8,17-20H,4,9-16H2,1-3,5H3/b7-6-,21-8+. The van der Waals surface area contributed by atoms with Crippen LogP contribution in [0.4, 0.5) is 0 Å². The quantitative estimate of drug-likeness (QED) is 0.479. The Morgan fingerprint density at radius 1 is 1.25 bits per heavy atom. The molecule has 2 aliphatic rings. The second kappa shape index (κ2) is 9.41. The van der Waals surface area contributed by atoms with Crippen LogP contribution < -0.4 is 0 Å². The van der Waals surface area contributed by atoms with Crippen LogP contribution in [-0.2, 0) is 0 Å². The number of aliphatic imine (C=N–C) groups is 1. The van der Waals surface area contributed by atoms with Gasteiger partial charge in [-0.25, -0.2) is 4.99 Å². The van der Waals surface area contributed by atoms with Gasteiger partial charge in [-0.2, -0.15) is 0 Å². The highest BCUT2D eigenvalue weighted by Crippen LogP contribution is 2.36. The fourth-order valence-corrected chi connectivity index (χ4v) is 4.26. The zero-order valence-corrected chi connectivity index (χ0v) is 16.2. The molecule has 1 aliphatic carbocycles. The molecular weight excluding hydrogens is 294 g/mol. The number of allylic oxidation sites excluding steroid dienone is 3. The summed E-state index contributed by atoms with van der Waals surface area (Å²) in [5, 5.41) is 0.